The van der Waals surface area contributed by atoms with Crippen LogP contribution in [0.15, 0.2) is 35.8 Å². The van der Waals surface area contributed by atoms with E-state index in [1.54, 1.807) is 29.0 Å². The van der Waals surface area contributed by atoms with Gasteiger partial charge in [-0.05, 0) is 26.0 Å². The molecule has 1 heterocycles. The Morgan fingerprint density at radius 1 is 1.62 bits per heavy atom. The SMILES string of the molecule is C=CCOc1cccn(CC(C)(C)N)c1=O. The van der Waals surface area contributed by atoms with Gasteiger partial charge in [0.25, 0.3) is 5.56 Å². The molecular formula is C12H18N2O2. The minimum Gasteiger partial charge on any atom is -0.484 e. The molecule has 0 saturated carbocycles. The van der Waals surface area contributed by atoms with Crippen molar-refractivity contribution >= 4 is 0 Å². The lowest BCUT2D eigenvalue weighted by Gasteiger charge is -2.20. The maximum atomic E-state index is 11.9. The lowest BCUT2D eigenvalue weighted by Crippen LogP contribution is -2.40. The predicted octanol–water partition coefficient (Wildman–Crippen LogP) is 1.15. The third-order valence-electron chi connectivity index (χ3n) is 1.92. The number of nitrogens with two attached hydrogens (primary N) is 1. The zero-order valence-corrected chi connectivity index (χ0v) is 9.77. The van der Waals surface area contributed by atoms with E-state index >= 15 is 0 Å². The quantitative estimate of drug-likeness (QED) is 0.760. The molecule has 0 bridgehead atoms. The molecule has 1 rings (SSSR count). The molecule has 0 aromatic carbocycles. The largest absolute Gasteiger partial charge is 0.484 e. The van der Waals surface area contributed by atoms with Gasteiger partial charge in [-0.25, -0.2) is 0 Å². The Kier molecular flexibility index (Phi) is 3.90. The molecule has 0 aliphatic heterocycles. The summed E-state index contributed by atoms with van der Waals surface area (Å²) in [6, 6.07) is 3.41. The van der Waals surface area contributed by atoms with Crippen molar-refractivity contribution in [2.75, 3.05) is 6.61 Å². The second-order valence-corrected chi connectivity index (χ2v) is 4.39. The maximum absolute atomic E-state index is 11.9. The van der Waals surface area contributed by atoms with Crippen LogP contribution >= 0.6 is 0 Å². The molecule has 0 aliphatic rings. The Morgan fingerprint density at radius 3 is 2.88 bits per heavy atom. The molecule has 0 radical (unpaired) electrons. The monoisotopic (exact) mass is 222 g/mol. The summed E-state index contributed by atoms with van der Waals surface area (Å²) in [7, 11) is 0. The van der Waals surface area contributed by atoms with Gasteiger partial charge in [-0.3, -0.25) is 4.79 Å². The first-order chi connectivity index (χ1) is 7.44. The van der Waals surface area contributed by atoms with Crippen LogP contribution < -0.4 is 16.0 Å². The van der Waals surface area contributed by atoms with Gasteiger partial charge in [-0.1, -0.05) is 12.7 Å². The van der Waals surface area contributed by atoms with Crippen LogP contribution in [0.5, 0.6) is 5.75 Å². The molecule has 0 spiro atoms. The zero-order valence-electron chi connectivity index (χ0n) is 9.77. The lowest BCUT2D eigenvalue weighted by atomic mass is 10.1. The van der Waals surface area contributed by atoms with Crippen molar-refractivity contribution in [3.63, 3.8) is 0 Å². The standard InChI is InChI=1S/C12H18N2O2/c1-4-8-16-10-6-5-7-14(11(10)15)9-12(2,3)13/h4-7H,1,8-9,13H2,2-3H3. The third kappa shape index (κ3) is 3.55. The molecule has 1 aromatic heterocycles. The fourth-order valence-electron chi connectivity index (χ4n) is 1.34. The zero-order chi connectivity index (χ0) is 12.2. The second kappa shape index (κ2) is 4.99. The van der Waals surface area contributed by atoms with Gasteiger partial charge in [-0.15, -0.1) is 0 Å². The summed E-state index contributed by atoms with van der Waals surface area (Å²) in [6.07, 6.45) is 3.31. The molecule has 2 N–H and O–H groups in total. The van der Waals surface area contributed by atoms with Crippen LogP contribution in [0.2, 0.25) is 0 Å². The summed E-state index contributed by atoms with van der Waals surface area (Å²) in [5.74, 6) is 0.326. The number of nitrogens with zero attached hydrogens (tertiary/aromatic N) is 1. The smallest absolute Gasteiger partial charge is 0.292 e. The molecule has 0 atom stereocenters. The Bertz CT molecular complexity index is 416. The molecule has 4 heteroatoms. The van der Waals surface area contributed by atoms with Crippen molar-refractivity contribution in [2.45, 2.75) is 25.9 Å². The van der Waals surface area contributed by atoms with Crippen LogP contribution in [0.25, 0.3) is 0 Å². The maximum Gasteiger partial charge on any atom is 0.292 e. The summed E-state index contributed by atoms with van der Waals surface area (Å²) in [5, 5.41) is 0. The number of rotatable bonds is 5. The van der Waals surface area contributed by atoms with Crippen molar-refractivity contribution in [2.24, 2.45) is 5.73 Å². The first-order valence-corrected chi connectivity index (χ1v) is 5.16. The van der Waals surface area contributed by atoms with Crippen LogP contribution in [0, 0.1) is 0 Å². The second-order valence-electron chi connectivity index (χ2n) is 4.39. The lowest BCUT2D eigenvalue weighted by molar-refractivity contribution is 0.348. The van der Waals surface area contributed by atoms with E-state index < -0.39 is 5.54 Å². The third-order valence-corrected chi connectivity index (χ3v) is 1.92. The van der Waals surface area contributed by atoms with Crippen molar-refractivity contribution in [1.82, 2.24) is 4.57 Å². The molecule has 88 valence electrons. The predicted molar refractivity (Wildman–Crippen MR) is 64.7 cm³/mol. The highest BCUT2D eigenvalue weighted by atomic mass is 16.5. The summed E-state index contributed by atoms with van der Waals surface area (Å²) in [4.78, 5) is 11.9. The minimum absolute atomic E-state index is 0.164. The first-order valence-electron chi connectivity index (χ1n) is 5.16. The number of hydrogen-bond acceptors (Lipinski definition) is 3. The molecule has 0 saturated heterocycles. The minimum atomic E-state index is -0.430. The molecule has 0 unspecified atom stereocenters. The number of pyridine rings is 1. The van der Waals surface area contributed by atoms with E-state index in [1.807, 2.05) is 13.8 Å². The molecule has 0 aliphatic carbocycles. The van der Waals surface area contributed by atoms with Gasteiger partial charge in [-0.2, -0.15) is 0 Å². The van der Waals surface area contributed by atoms with Gasteiger partial charge in [0.2, 0.25) is 0 Å². The van der Waals surface area contributed by atoms with Gasteiger partial charge < -0.3 is 15.0 Å². The average molecular weight is 222 g/mol. The van der Waals surface area contributed by atoms with Crippen molar-refractivity contribution in [1.29, 1.82) is 0 Å². The van der Waals surface area contributed by atoms with Gasteiger partial charge >= 0.3 is 0 Å². The van der Waals surface area contributed by atoms with Crippen molar-refractivity contribution in [3.8, 4) is 5.75 Å². The van der Waals surface area contributed by atoms with Crippen LogP contribution in [0.1, 0.15) is 13.8 Å². The summed E-state index contributed by atoms with van der Waals surface area (Å²) in [5.41, 5.74) is 5.28. The summed E-state index contributed by atoms with van der Waals surface area (Å²) >= 11 is 0. The summed E-state index contributed by atoms with van der Waals surface area (Å²) in [6.45, 7) is 8.06. The number of ether oxygens (including phenoxy) is 1. The van der Waals surface area contributed by atoms with E-state index in [0.29, 0.717) is 18.9 Å². The van der Waals surface area contributed by atoms with Crippen molar-refractivity contribution < 1.29 is 4.74 Å². The van der Waals surface area contributed by atoms with E-state index in [9.17, 15) is 4.79 Å². The normalized spacial score (nSPS) is 11.2. The Labute approximate surface area is 95.3 Å². The number of hydrogen-bond donors (Lipinski definition) is 1. The number of aromatic nitrogens is 1. The molecular weight excluding hydrogens is 204 g/mol. The highest BCUT2D eigenvalue weighted by Gasteiger charge is 2.13. The Balaban J connectivity index is 2.95. The highest BCUT2D eigenvalue weighted by Crippen LogP contribution is 2.05. The van der Waals surface area contributed by atoms with E-state index in [1.165, 1.54) is 0 Å². The van der Waals surface area contributed by atoms with Gasteiger partial charge in [0.15, 0.2) is 5.75 Å². The summed E-state index contributed by atoms with van der Waals surface area (Å²) < 4.78 is 6.80. The van der Waals surface area contributed by atoms with E-state index in [-0.39, 0.29) is 5.56 Å². The van der Waals surface area contributed by atoms with Crippen LogP contribution in [0.3, 0.4) is 0 Å². The van der Waals surface area contributed by atoms with Gasteiger partial charge in [0.05, 0.1) is 0 Å². The van der Waals surface area contributed by atoms with Crippen LogP contribution in [-0.2, 0) is 6.54 Å². The molecule has 0 amide bonds. The van der Waals surface area contributed by atoms with Crippen LogP contribution in [-0.4, -0.2) is 16.7 Å². The highest BCUT2D eigenvalue weighted by molar-refractivity contribution is 5.17. The van der Waals surface area contributed by atoms with Gasteiger partial charge in [0.1, 0.15) is 6.61 Å². The van der Waals surface area contributed by atoms with E-state index in [4.69, 9.17) is 10.5 Å². The topological polar surface area (TPSA) is 57.2 Å². The Hall–Kier alpha value is -1.55. The van der Waals surface area contributed by atoms with E-state index in [0.717, 1.165) is 0 Å². The van der Waals surface area contributed by atoms with E-state index in [2.05, 4.69) is 6.58 Å². The molecule has 0 fully saturated rings. The molecule has 1 aromatic rings. The fraction of sp³-hybridized carbons (Fsp3) is 0.417. The Morgan fingerprint density at radius 2 is 2.31 bits per heavy atom. The van der Waals surface area contributed by atoms with Crippen molar-refractivity contribution in [3.05, 3.63) is 41.3 Å². The first kappa shape index (κ1) is 12.5. The van der Waals surface area contributed by atoms with Gasteiger partial charge in [0, 0.05) is 18.3 Å². The molecule has 16 heavy (non-hydrogen) atoms. The molecule has 4 nitrogen and oxygen atoms in total. The van der Waals surface area contributed by atoms with Crippen LogP contribution in [0.4, 0.5) is 0 Å². The average Bonchev–Trinajstić information content (AvgIpc) is 2.17. The fourth-order valence-corrected chi connectivity index (χ4v) is 1.34.